The summed E-state index contributed by atoms with van der Waals surface area (Å²) >= 11 is 6.09. The maximum atomic E-state index is 12.5. The van der Waals surface area contributed by atoms with Gasteiger partial charge in [0.25, 0.3) is 5.56 Å². The molecule has 0 amide bonds. The molecule has 1 aromatic heterocycles. The van der Waals surface area contributed by atoms with Crippen LogP contribution in [0.3, 0.4) is 0 Å². The van der Waals surface area contributed by atoms with Gasteiger partial charge in [0.15, 0.2) is 0 Å². The predicted molar refractivity (Wildman–Crippen MR) is 95.6 cm³/mol. The van der Waals surface area contributed by atoms with E-state index in [4.69, 9.17) is 11.6 Å². The summed E-state index contributed by atoms with van der Waals surface area (Å²) in [5, 5.41) is 15.0. The Bertz CT molecular complexity index is 948. The molecule has 118 valence electrons. The lowest BCUT2D eigenvalue weighted by Gasteiger charge is -2.12. The van der Waals surface area contributed by atoms with E-state index < -0.39 is 0 Å². The normalized spacial score (nSPS) is 10.9. The Labute approximate surface area is 138 Å². The molecule has 0 unspecified atom stereocenters. The lowest BCUT2D eigenvalue weighted by molar-refractivity contribution is 0.482. The Balaban J connectivity index is 2.38. The van der Waals surface area contributed by atoms with Crippen molar-refractivity contribution in [3.8, 4) is 16.9 Å². The van der Waals surface area contributed by atoms with Gasteiger partial charge in [-0.1, -0.05) is 30.7 Å². The zero-order chi connectivity index (χ0) is 16.6. The molecule has 5 heteroatoms. The second kappa shape index (κ2) is 5.97. The number of anilines is 1. The molecule has 0 bridgehead atoms. The smallest absolute Gasteiger partial charge is 0.260 e. The van der Waals surface area contributed by atoms with Crippen molar-refractivity contribution in [1.82, 2.24) is 4.98 Å². The van der Waals surface area contributed by atoms with Crippen LogP contribution in [0, 0.1) is 0 Å². The topological polar surface area (TPSA) is 65.1 Å². The zero-order valence-electron chi connectivity index (χ0n) is 12.9. The van der Waals surface area contributed by atoms with Crippen LogP contribution in [0.15, 0.2) is 41.2 Å². The number of aromatic nitrogens is 1. The summed E-state index contributed by atoms with van der Waals surface area (Å²) in [5.41, 5.74) is 2.90. The number of nitrogens with one attached hydrogen (secondary N) is 2. The molecule has 23 heavy (non-hydrogen) atoms. The largest absolute Gasteiger partial charge is 0.506 e. The number of aryl methyl sites for hydroxylation is 1. The van der Waals surface area contributed by atoms with Crippen LogP contribution in [-0.4, -0.2) is 17.1 Å². The first-order valence-electron chi connectivity index (χ1n) is 7.40. The summed E-state index contributed by atoms with van der Waals surface area (Å²) in [7, 11) is 1.81. The maximum Gasteiger partial charge on any atom is 0.260 e. The third kappa shape index (κ3) is 2.66. The number of rotatable bonds is 3. The lowest BCUT2D eigenvalue weighted by atomic mass is 9.99. The highest BCUT2D eigenvalue weighted by molar-refractivity contribution is 6.31. The molecule has 0 aliphatic rings. The Kier molecular flexibility index (Phi) is 4.01. The van der Waals surface area contributed by atoms with Crippen molar-refractivity contribution in [2.75, 3.05) is 12.4 Å². The first-order valence-corrected chi connectivity index (χ1v) is 7.78. The van der Waals surface area contributed by atoms with E-state index in [9.17, 15) is 9.90 Å². The highest BCUT2D eigenvalue weighted by Crippen LogP contribution is 2.36. The van der Waals surface area contributed by atoms with Crippen LogP contribution in [-0.2, 0) is 6.42 Å². The minimum Gasteiger partial charge on any atom is -0.506 e. The first-order chi connectivity index (χ1) is 11.0. The van der Waals surface area contributed by atoms with E-state index in [1.165, 1.54) is 0 Å². The van der Waals surface area contributed by atoms with Crippen molar-refractivity contribution in [2.45, 2.75) is 13.3 Å². The van der Waals surface area contributed by atoms with Crippen molar-refractivity contribution in [3.05, 3.63) is 57.3 Å². The number of fused-ring (bicyclic) bond motifs is 1. The summed E-state index contributed by atoms with van der Waals surface area (Å²) in [5.74, 6) is -0.00878. The van der Waals surface area contributed by atoms with Gasteiger partial charge in [-0.2, -0.15) is 0 Å². The molecule has 2 aromatic carbocycles. The Morgan fingerprint density at radius 2 is 2.04 bits per heavy atom. The van der Waals surface area contributed by atoms with E-state index in [0.717, 1.165) is 11.3 Å². The van der Waals surface area contributed by atoms with E-state index in [-0.39, 0.29) is 16.9 Å². The van der Waals surface area contributed by atoms with Crippen LogP contribution in [0.4, 0.5) is 5.69 Å². The molecule has 0 aliphatic carbocycles. The number of hydrogen-bond acceptors (Lipinski definition) is 3. The van der Waals surface area contributed by atoms with Gasteiger partial charge < -0.3 is 15.4 Å². The Morgan fingerprint density at radius 3 is 2.74 bits per heavy atom. The quantitative estimate of drug-likeness (QED) is 0.676. The highest BCUT2D eigenvalue weighted by Gasteiger charge is 2.17. The fourth-order valence-corrected chi connectivity index (χ4v) is 3.08. The van der Waals surface area contributed by atoms with E-state index in [1.807, 2.05) is 31.2 Å². The van der Waals surface area contributed by atoms with Crippen molar-refractivity contribution >= 4 is 28.2 Å². The van der Waals surface area contributed by atoms with Crippen molar-refractivity contribution in [2.24, 2.45) is 0 Å². The van der Waals surface area contributed by atoms with E-state index in [1.54, 1.807) is 19.2 Å². The second-order valence-corrected chi connectivity index (χ2v) is 5.79. The van der Waals surface area contributed by atoms with Crippen LogP contribution in [0.5, 0.6) is 5.75 Å². The minimum absolute atomic E-state index is 0.00878. The van der Waals surface area contributed by atoms with Gasteiger partial charge in [0.1, 0.15) is 5.75 Å². The number of aromatic amines is 1. The monoisotopic (exact) mass is 327 g/mol. The summed E-state index contributed by atoms with van der Waals surface area (Å²) in [4.78, 5) is 15.3. The lowest BCUT2D eigenvalue weighted by Crippen LogP contribution is -2.10. The number of hydrogen-bond donors (Lipinski definition) is 3. The molecular weight excluding hydrogens is 311 g/mol. The molecule has 3 rings (SSSR count). The minimum atomic E-state index is -0.340. The Hall–Kier alpha value is -2.46. The van der Waals surface area contributed by atoms with Gasteiger partial charge in [-0.05, 0) is 41.8 Å². The van der Waals surface area contributed by atoms with Crippen LogP contribution in [0.1, 0.15) is 12.5 Å². The SMILES string of the molecule is CCc1cc(Cl)cc2[nH]c(=O)c(-c3cccc(N[11CH3])c3)c(O)c12. The van der Waals surface area contributed by atoms with Gasteiger partial charge in [0, 0.05) is 23.1 Å². The summed E-state index contributed by atoms with van der Waals surface area (Å²) in [6, 6.07) is 10.8. The number of pyridine rings is 1. The van der Waals surface area contributed by atoms with Crippen LogP contribution in [0.2, 0.25) is 5.02 Å². The molecule has 0 fully saturated rings. The van der Waals surface area contributed by atoms with Crippen LogP contribution >= 0.6 is 11.6 Å². The van der Waals surface area contributed by atoms with E-state index >= 15 is 0 Å². The molecule has 1 heterocycles. The Morgan fingerprint density at radius 1 is 1.26 bits per heavy atom. The number of H-pyrrole nitrogens is 1. The average Bonchev–Trinajstić information content (AvgIpc) is 2.53. The molecule has 3 aromatic rings. The van der Waals surface area contributed by atoms with Crippen molar-refractivity contribution in [1.29, 1.82) is 0 Å². The molecule has 0 atom stereocenters. The fourth-order valence-electron chi connectivity index (χ4n) is 2.84. The van der Waals surface area contributed by atoms with E-state index in [2.05, 4.69) is 10.3 Å². The summed E-state index contributed by atoms with van der Waals surface area (Å²) in [6.45, 7) is 1.98. The number of aromatic hydroxyl groups is 1. The summed E-state index contributed by atoms with van der Waals surface area (Å²) in [6.07, 6.45) is 0.701. The third-order valence-electron chi connectivity index (χ3n) is 3.95. The molecule has 0 aliphatic heterocycles. The predicted octanol–water partition coefficient (Wildman–Crippen LogP) is 4.16. The molecule has 0 saturated heterocycles. The average molecular weight is 328 g/mol. The first kappa shape index (κ1) is 15.4. The second-order valence-electron chi connectivity index (χ2n) is 5.35. The fraction of sp³-hybridized carbons (Fsp3) is 0.167. The van der Waals surface area contributed by atoms with Gasteiger partial charge in [0.05, 0.1) is 11.1 Å². The summed E-state index contributed by atoms with van der Waals surface area (Å²) < 4.78 is 0. The highest BCUT2D eigenvalue weighted by atomic mass is 35.5. The molecule has 4 nitrogen and oxygen atoms in total. The van der Waals surface area contributed by atoms with Gasteiger partial charge in [-0.15, -0.1) is 0 Å². The van der Waals surface area contributed by atoms with Gasteiger partial charge in [-0.3, -0.25) is 4.79 Å². The standard InChI is InChI=1S/C18H17ClN2O2/c1-3-10-7-12(19)9-14-15(10)17(22)16(18(23)21-14)11-5-4-6-13(8-11)20-2/h4-9,20H,3H2,1-2H3,(H2,21,22,23)/i2-1. The maximum absolute atomic E-state index is 12.5. The van der Waals surface area contributed by atoms with Gasteiger partial charge >= 0.3 is 0 Å². The van der Waals surface area contributed by atoms with E-state index in [0.29, 0.717) is 27.9 Å². The molecular formula is C18H17ClN2O2. The van der Waals surface area contributed by atoms with Crippen molar-refractivity contribution < 1.29 is 5.11 Å². The van der Waals surface area contributed by atoms with Crippen molar-refractivity contribution in [3.63, 3.8) is 0 Å². The van der Waals surface area contributed by atoms with Gasteiger partial charge in [-0.25, -0.2) is 0 Å². The molecule has 3 N–H and O–H groups in total. The van der Waals surface area contributed by atoms with Crippen LogP contribution in [0.25, 0.3) is 22.0 Å². The third-order valence-corrected chi connectivity index (χ3v) is 4.17. The number of halogens is 1. The van der Waals surface area contributed by atoms with Gasteiger partial charge in [0.2, 0.25) is 0 Å². The molecule has 0 saturated carbocycles. The zero-order valence-corrected chi connectivity index (χ0v) is 13.7. The molecule has 0 radical (unpaired) electrons. The molecule has 0 spiro atoms. The van der Waals surface area contributed by atoms with Crippen LogP contribution < -0.4 is 10.9 Å². The number of benzene rings is 2.